The molecule has 0 bridgehead atoms. The van der Waals surface area contributed by atoms with E-state index in [9.17, 15) is 24.0 Å². The largest absolute Gasteiger partial charge is 0.332 e. The van der Waals surface area contributed by atoms with Gasteiger partial charge >= 0.3 is 0 Å². The van der Waals surface area contributed by atoms with Crippen LogP contribution in [0, 0.1) is 0 Å². The van der Waals surface area contributed by atoms with Crippen LogP contribution in [0.2, 0.25) is 0 Å². The van der Waals surface area contributed by atoms with Crippen LogP contribution in [0.5, 0.6) is 0 Å². The van der Waals surface area contributed by atoms with Gasteiger partial charge in [0.05, 0.1) is 13.1 Å². The van der Waals surface area contributed by atoms with Crippen LogP contribution in [0.15, 0.2) is 91.0 Å². The van der Waals surface area contributed by atoms with Gasteiger partial charge in [0, 0.05) is 39.3 Å². The number of nitrogens with two attached hydrogens (primary N) is 2. The van der Waals surface area contributed by atoms with Crippen molar-refractivity contribution in [1.29, 1.82) is 0 Å². The van der Waals surface area contributed by atoms with Gasteiger partial charge in [-0.05, 0) is 29.7 Å². The van der Waals surface area contributed by atoms with Crippen molar-refractivity contribution in [3.05, 3.63) is 108 Å². The van der Waals surface area contributed by atoms with Crippen molar-refractivity contribution in [3.63, 3.8) is 0 Å². The molecule has 1 aliphatic heterocycles. The highest BCUT2D eigenvalue weighted by atomic mass is 16.2. The number of carbonyl (C=O) groups is 5. The van der Waals surface area contributed by atoms with Gasteiger partial charge in [0.1, 0.15) is 19.6 Å². The lowest BCUT2D eigenvalue weighted by Gasteiger charge is -2.30. The Morgan fingerprint density at radius 1 is 0.396 bits per heavy atom. The summed E-state index contributed by atoms with van der Waals surface area (Å²) in [6, 6.07) is 27.7. The summed E-state index contributed by atoms with van der Waals surface area (Å²) in [6.45, 7) is -0.573. The SMILES string of the molecule is NCCCN1CC(=O)N(Cc2ccccc2)CC(=O)N(Cc2ccccc2)CC(=O)N(CCN)CC(=O)N(Cc2ccccc2)CC1=O. The van der Waals surface area contributed by atoms with E-state index >= 15 is 0 Å². The number of hydrogen-bond acceptors (Lipinski definition) is 7. The van der Waals surface area contributed by atoms with E-state index in [0.29, 0.717) is 13.0 Å². The molecule has 1 fully saturated rings. The minimum absolute atomic E-state index is 0.0757. The average molecular weight is 656 g/mol. The van der Waals surface area contributed by atoms with Gasteiger partial charge in [0.25, 0.3) is 0 Å². The molecule has 0 radical (unpaired) electrons. The second-order valence-corrected chi connectivity index (χ2v) is 11.8. The first kappa shape index (κ1) is 35.8. The monoisotopic (exact) mass is 655 g/mol. The van der Waals surface area contributed by atoms with E-state index in [1.54, 1.807) is 0 Å². The molecule has 3 aromatic carbocycles. The highest BCUT2D eigenvalue weighted by Gasteiger charge is 2.31. The van der Waals surface area contributed by atoms with E-state index in [1.807, 2.05) is 91.0 Å². The summed E-state index contributed by atoms with van der Waals surface area (Å²) in [5.41, 5.74) is 14.1. The number of amides is 5. The summed E-state index contributed by atoms with van der Waals surface area (Å²) < 4.78 is 0. The number of rotatable bonds is 11. The molecule has 0 aromatic heterocycles. The Kier molecular flexibility index (Phi) is 13.7. The molecule has 1 aliphatic rings. The maximum absolute atomic E-state index is 14.0. The highest BCUT2D eigenvalue weighted by molar-refractivity contribution is 5.93. The van der Waals surface area contributed by atoms with Crippen molar-refractivity contribution in [2.75, 3.05) is 58.9 Å². The molecular weight excluding hydrogens is 610 g/mol. The molecule has 12 nitrogen and oxygen atoms in total. The van der Waals surface area contributed by atoms with Crippen molar-refractivity contribution in [2.45, 2.75) is 26.1 Å². The lowest BCUT2D eigenvalue weighted by molar-refractivity contribution is -0.146. The van der Waals surface area contributed by atoms with Crippen molar-refractivity contribution in [1.82, 2.24) is 24.5 Å². The lowest BCUT2D eigenvalue weighted by atomic mass is 10.2. The van der Waals surface area contributed by atoms with Crippen LogP contribution in [-0.2, 0) is 43.6 Å². The van der Waals surface area contributed by atoms with Crippen LogP contribution >= 0.6 is 0 Å². The molecule has 254 valence electrons. The van der Waals surface area contributed by atoms with E-state index in [4.69, 9.17) is 11.5 Å². The Morgan fingerprint density at radius 2 is 0.688 bits per heavy atom. The zero-order valence-electron chi connectivity index (χ0n) is 27.3. The topological polar surface area (TPSA) is 154 Å². The number of carbonyl (C=O) groups excluding carboxylic acids is 5. The number of hydrogen-bond donors (Lipinski definition) is 2. The van der Waals surface area contributed by atoms with Gasteiger partial charge in [-0.2, -0.15) is 0 Å². The molecule has 0 aliphatic carbocycles. The Morgan fingerprint density at radius 3 is 1.00 bits per heavy atom. The average Bonchev–Trinajstić information content (AvgIpc) is 3.09. The second-order valence-electron chi connectivity index (χ2n) is 11.8. The maximum atomic E-state index is 14.0. The molecule has 4 N–H and O–H groups in total. The fraction of sp³-hybridized carbons (Fsp3) is 0.361. The molecule has 1 saturated heterocycles. The molecule has 3 aromatic rings. The molecule has 5 amide bonds. The van der Waals surface area contributed by atoms with Crippen LogP contribution in [-0.4, -0.2) is 113 Å². The predicted molar refractivity (Wildman–Crippen MR) is 181 cm³/mol. The third-order valence-electron chi connectivity index (χ3n) is 8.07. The van der Waals surface area contributed by atoms with Gasteiger partial charge in [-0.15, -0.1) is 0 Å². The molecule has 0 saturated carbocycles. The predicted octanol–water partition coefficient (Wildman–Crippen LogP) is 1.05. The van der Waals surface area contributed by atoms with E-state index < -0.39 is 29.5 Å². The number of nitrogens with zero attached hydrogens (tertiary/aromatic N) is 5. The Bertz CT molecular complexity index is 1510. The summed E-state index contributed by atoms with van der Waals surface area (Å²) in [5.74, 6) is -2.26. The van der Waals surface area contributed by atoms with Gasteiger partial charge in [-0.25, -0.2) is 0 Å². The summed E-state index contributed by atoms with van der Waals surface area (Å²) >= 11 is 0. The first-order valence-electron chi connectivity index (χ1n) is 16.2. The Labute approximate surface area is 281 Å². The van der Waals surface area contributed by atoms with E-state index in [0.717, 1.165) is 16.7 Å². The van der Waals surface area contributed by atoms with E-state index in [1.165, 1.54) is 24.5 Å². The maximum Gasteiger partial charge on any atom is 0.242 e. The molecule has 1 heterocycles. The standard InChI is InChI=1S/C36H45N7O5/c37-17-10-19-39-24-34(46)43(23-31-15-8-3-9-16-31)28-36(48)42(22-30-13-6-2-7-14-30)27-33(45)40(20-18-38)25-35(47)41(26-32(39)44)21-29-11-4-1-5-12-29/h1-9,11-16H,10,17-28,37-38H2. The van der Waals surface area contributed by atoms with E-state index in [2.05, 4.69) is 0 Å². The zero-order valence-corrected chi connectivity index (χ0v) is 27.3. The van der Waals surface area contributed by atoms with Gasteiger partial charge in [-0.1, -0.05) is 91.0 Å². The summed E-state index contributed by atoms with van der Waals surface area (Å²) in [5, 5.41) is 0. The van der Waals surface area contributed by atoms with Crippen molar-refractivity contribution in [2.24, 2.45) is 11.5 Å². The van der Waals surface area contributed by atoms with Crippen LogP contribution < -0.4 is 11.5 Å². The van der Waals surface area contributed by atoms with Gasteiger partial charge < -0.3 is 36.0 Å². The van der Waals surface area contributed by atoms with Crippen LogP contribution in [0.4, 0.5) is 0 Å². The molecule has 0 unspecified atom stereocenters. The lowest BCUT2D eigenvalue weighted by Crippen LogP contribution is -2.50. The number of benzene rings is 3. The fourth-order valence-corrected chi connectivity index (χ4v) is 5.45. The van der Waals surface area contributed by atoms with Crippen molar-refractivity contribution < 1.29 is 24.0 Å². The molecule has 0 spiro atoms. The van der Waals surface area contributed by atoms with E-state index in [-0.39, 0.29) is 72.0 Å². The van der Waals surface area contributed by atoms with Crippen molar-refractivity contribution >= 4 is 29.5 Å². The normalized spacial score (nSPS) is 16.0. The minimum atomic E-state index is -0.468. The van der Waals surface area contributed by atoms with Crippen LogP contribution in [0.1, 0.15) is 23.1 Å². The molecule has 12 heteroatoms. The van der Waals surface area contributed by atoms with Crippen LogP contribution in [0.25, 0.3) is 0 Å². The highest BCUT2D eigenvalue weighted by Crippen LogP contribution is 2.13. The fourth-order valence-electron chi connectivity index (χ4n) is 5.45. The summed E-state index contributed by atoms with van der Waals surface area (Å²) in [7, 11) is 0. The van der Waals surface area contributed by atoms with Gasteiger partial charge in [0.15, 0.2) is 0 Å². The van der Waals surface area contributed by atoms with Gasteiger partial charge in [0.2, 0.25) is 29.5 Å². The van der Waals surface area contributed by atoms with Gasteiger partial charge in [-0.3, -0.25) is 24.0 Å². The van der Waals surface area contributed by atoms with Crippen molar-refractivity contribution in [3.8, 4) is 0 Å². The molecule has 4 rings (SSSR count). The Hall–Kier alpha value is -5.07. The molecular formula is C36H45N7O5. The first-order chi connectivity index (χ1) is 23.3. The van der Waals surface area contributed by atoms with Crippen LogP contribution in [0.3, 0.4) is 0 Å². The Balaban J connectivity index is 1.74. The first-order valence-corrected chi connectivity index (χ1v) is 16.2. The third kappa shape index (κ3) is 10.7. The molecule has 48 heavy (non-hydrogen) atoms. The third-order valence-corrected chi connectivity index (χ3v) is 8.07. The quantitative estimate of drug-likeness (QED) is 0.313. The summed E-state index contributed by atoms with van der Waals surface area (Å²) in [6.07, 6.45) is 0.437. The minimum Gasteiger partial charge on any atom is -0.332 e. The zero-order chi connectivity index (χ0) is 34.3. The molecule has 0 atom stereocenters. The second kappa shape index (κ2) is 18.3. The summed E-state index contributed by atoms with van der Waals surface area (Å²) in [4.78, 5) is 76.4. The smallest absolute Gasteiger partial charge is 0.242 e.